The van der Waals surface area contributed by atoms with Crippen LogP contribution >= 0.6 is 0 Å². The van der Waals surface area contributed by atoms with Gasteiger partial charge < -0.3 is 8.83 Å². The third-order valence-electron chi connectivity index (χ3n) is 14.1. The largest absolute Gasteiger partial charge is 0.456 e. The Morgan fingerprint density at radius 3 is 0.938 bits per heavy atom. The molecule has 0 fully saturated rings. The zero-order valence-corrected chi connectivity index (χ0v) is 34.4. The average Bonchev–Trinajstić information content (AvgIpc) is 3.91. The molecule has 13 aromatic carbocycles. The topological polar surface area (TPSA) is 26.3 Å². The van der Waals surface area contributed by atoms with Crippen LogP contribution < -0.4 is 0 Å². The molecule has 0 spiro atoms. The molecule has 0 aliphatic rings. The van der Waals surface area contributed by atoms with E-state index in [-0.39, 0.29) is 0 Å². The van der Waals surface area contributed by atoms with Crippen LogP contribution in [0.25, 0.3) is 153 Å². The fourth-order valence-electron chi connectivity index (χ4n) is 11.1. The van der Waals surface area contributed by atoms with Crippen molar-refractivity contribution in [2.75, 3.05) is 0 Å². The van der Waals surface area contributed by atoms with Gasteiger partial charge in [-0.05, 0) is 164 Å². The Kier molecular flexibility index (Phi) is 6.71. The van der Waals surface area contributed by atoms with Crippen molar-refractivity contribution in [2.24, 2.45) is 0 Å². The second-order valence-electron chi connectivity index (χ2n) is 17.6. The van der Waals surface area contributed by atoms with Crippen molar-refractivity contribution in [1.29, 1.82) is 0 Å². The average molecular weight is 811 g/mol. The third kappa shape index (κ3) is 4.80. The van der Waals surface area contributed by atoms with Gasteiger partial charge in [0.1, 0.15) is 22.3 Å². The molecular weight excluding hydrogens is 777 g/mol. The minimum absolute atomic E-state index is 0.890. The number of benzene rings is 13. The first-order valence-electron chi connectivity index (χ1n) is 22.0. The van der Waals surface area contributed by atoms with Crippen LogP contribution in [0.3, 0.4) is 0 Å². The number of fused-ring (bicyclic) bond motifs is 6. The summed E-state index contributed by atoms with van der Waals surface area (Å²) in [7, 11) is 0. The fraction of sp³-hybridized carbons (Fsp3) is 0. The van der Waals surface area contributed by atoms with Crippen LogP contribution in [0.1, 0.15) is 0 Å². The van der Waals surface area contributed by atoms with E-state index in [1.54, 1.807) is 0 Å². The molecule has 2 aromatic heterocycles. The van der Waals surface area contributed by atoms with Crippen molar-refractivity contribution in [3.8, 4) is 44.5 Å². The zero-order chi connectivity index (χ0) is 41.6. The second-order valence-corrected chi connectivity index (χ2v) is 17.6. The van der Waals surface area contributed by atoms with Crippen LogP contribution in [0.15, 0.2) is 215 Å². The van der Waals surface area contributed by atoms with E-state index < -0.39 is 0 Å². The molecule has 0 N–H and O–H groups in total. The van der Waals surface area contributed by atoms with E-state index in [0.717, 1.165) is 66.1 Å². The SMILES string of the molecule is c1cc(-c2ccc3oc4ccc(-c5ccc6ccc7cccc8ccc5c6c78)cc4c3c2)cc(-c2ccc3oc4ccc(-c5ccc6ccc7cccc8ccc5c6c78)cc4c3c2)c1. The molecule has 15 aromatic rings. The van der Waals surface area contributed by atoms with Gasteiger partial charge in [0.25, 0.3) is 0 Å². The molecule has 0 aliphatic heterocycles. The lowest BCUT2D eigenvalue weighted by molar-refractivity contribution is 0.668. The quantitative estimate of drug-likeness (QED) is 0.166. The molecule has 2 nitrogen and oxygen atoms in total. The molecule has 15 rings (SSSR count). The molecule has 2 heteroatoms. The Labute approximate surface area is 366 Å². The second kappa shape index (κ2) is 12.6. The summed E-state index contributed by atoms with van der Waals surface area (Å²) in [4.78, 5) is 0. The van der Waals surface area contributed by atoms with Crippen molar-refractivity contribution in [3.05, 3.63) is 206 Å². The molecule has 294 valence electrons. The standard InChI is InChI=1S/C62H34O2/c1-4-35-10-12-39-14-22-47(49-24-16-37(6-1)59(35)61(39)49)45-20-28-57-53(33-45)51-31-43(18-26-55(51)63-57)41-8-3-9-42(30-41)44-19-27-56-52(32-44)54-34-46(21-29-58(54)64-56)48-23-15-40-13-11-36-5-2-7-38-17-25-50(48)62(40)60(36)38/h1-34H. The van der Waals surface area contributed by atoms with Crippen molar-refractivity contribution in [2.45, 2.75) is 0 Å². The van der Waals surface area contributed by atoms with E-state index in [4.69, 9.17) is 8.83 Å². The number of hydrogen-bond donors (Lipinski definition) is 0. The van der Waals surface area contributed by atoms with Crippen molar-refractivity contribution in [1.82, 2.24) is 0 Å². The van der Waals surface area contributed by atoms with Gasteiger partial charge in [-0.2, -0.15) is 0 Å². The molecular formula is C62H34O2. The number of rotatable bonds is 4. The Hall–Kier alpha value is -8.46. The molecule has 0 saturated heterocycles. The van der Waals surface area contributed by atoms with Gasteiger partial charge in [-0.3, -0.25) is 0 Å². The van der Waals surface area contributed by atoms with Crippen LogP contribution in [0.2, 0.25) is 0 Å². The summed E-state index contributed by atoms with van der Waals surface area (Å²) in [6.07, 6.45) is 0. The summed E-state index contributed by atoms with van der Waals surface area (Å²) >= 11 is 0. The van der Waals surface area contributed by atoms with Gasteiger partial charge in [0.2, 0.25) is 0 Å². The van der Waals surface area contributed by atoms with Crippen LogP contribution in [0.4, 0.5) is 0 Å². The summed E-state index contributed by atoms with van der Waals surface area (Å²) < 4.78 is 12.9. The molecule has 0 radical (unpaired) electrons. The van der Waals surface area contributed by atoms with E-state index >= 15 is 0 Å². The zero-order valence-electron chi connectivity index (χ0n) is 34.4. The van der Waals surface area contributed by atoms with Crippen molar-refractivity contribution in [3.63, 3.8) is 0 Å². The summed E-state index contributed by atoms with van der Waals surface area (Å²) in [5.41, 5.74) is 13.0. The van der Waals surface area contributed by atoms with E-state index in [2.05, 4.69) is 206 Å². The van der Waals surface area contributed by atoms with Crippen molar-refractivity contribution < 1.29 is 8.83 Å². The molecule has 0 bridgehead atoms. The first-order chi connectivity index (χ1) is 31.7. The van der Waals surface area contributed by atoms with E-state index in [0.29, 0.717) is 0 Å². The monoisotopic (exact) mass is 810 g/mol. The predicted molar refractivity (Wildman–Crippen MR) is 270 cm³/mol. The van der Waals surface area contributed by atoms with E-state index in [1.165, 1.54) is 86.9 Å². The smallest absolute Gasteiger partial charge is 0.135 e. The molecule has 0 amide bonds. The van der Waals surface area contributed by atoms with Gasteiger partial charge in [0.15, 0.2) is 0 Å². The van der Waals surface area contributed by atoms with Crippen LogP contribution in [-0.4, -0.2) is 0 Å². The lowest BCUT2D eigenvalue weighted by atomic mass is 9.89. The summed E-state index contributed by atoms with van der Waals surface area (Å²) in [6.45, 7) is 0. The minimum Gasteiger partial charge on any atom is -0.456 e. The highest BCUT2D eigenvalue weighted by Crippen LogP contribution is 2.44. The lowest BCUT2D eigenvalue weighted by Gasteiger charge is -2.14. The highest BCUT2D eigenvalue weighted by atomic mass is 16.3. The van der Waals surface area contributed by atoms with Gasteiger partial charge in [-0.1, -0.05) is 152 Å². The van der Waals surface area contributed by atoms with E-state index in [9.17, 15) is 0 Å². The molecule has 64 heavy (non-hydrogen) atoms. The third-order valence-corrected chi connectivity index (χ3v) is 14.1. The Morgan fingerprint density at radius 1 is 0.203 bits per heavy atom. The number of furan rings is 2. The maximum atomic E-state index is 6.45. The van der Waals surface area contributed by atoms with Gasteiger partial charge in [-0.15, -0.1) is 0 Å². The molecule has 2 heterocycles. The fourth-order valence-corrected chi connectivity index (χ4v) is 11.1. The van der Waals surface area contributed by atoms with Crippen molar-refractivity contribution >= 4 is 109 Å². The van der Waals surface area contributed by atoms with Gasteiger partial charge >= 0.3 is 0 Å². The molecule has 0 saturated carbocycles. The van der Waals surface area contributed by atoms with Gasteiger partial charge in [-0.25, -0.2) is 0 Å². The highest BCUT2D eigenvalue weighted by molar-refractivity contribution is 6.27. The summed E-state index contributed by atoms with van der Waals surface area (Å²) in [5, 5.41) is 20.0. The summed E-state index contributed by atoms with van der Waals surface area (Å²) in [6, 6.07) is 75.7. The van der Waals surface area contributed by atoms with Crippen LogP contribution in [0.5, 0.6) is 0 Å². The highest BCUT2D eigenvalue weighted by Gasteiger charge is 2.17. The molecule has 0 aliphatic carbocycles. The van der Waals surface area contributed by atoms with Crippen LogP contribution in [-0.2, 0) is 0 Å². The first kappa shape index (κ1) is 34.2. The minimum atomic E-state index is 0.890. The van der Waals surface area contributed by atoms with E-state index in [1.807, 2.05) is 0 Å². The lowest BCUT2D eigenvalue weighted by Crippen LogP contribution is -1.87. The Bertz CT molecular complexity index is 4110. The molecule has 0 atom stereocenters. The predicted octanol–water partition coefficient (Wildman–Crippen LogP) is 17.9. The Balaban J connectivity index is 0.816. The number of hydrogen-bond acceptors (Lipinski definition) is 2. The Morgan fingerprint density at radius 2 is 0.516 bits per heavy atom. The van der Waals surface area contributed by atoms with Gasteiger partial charge in [0, 0.05) is 21.5 Å². The maximum absolute atomic E-state index is 6.45. The first-order valence-corrected chi connectivity index (χ1v) is 22.0. The van der Waals surface area contributed by atoms with Gasteiger partial charge in [0.05, 0.1) is 0 Å². The summed E-state index contributed by atoms with van der Waals surface area (Å²) in [5.74, 6) is 0. The van der Waals surface area contributed by atoms with Crippen LogP contribution in [0, 0.1) is 0 Å². The molecule has 0 unspecified atom stereocenters. The maximum Gasteiger partial charge on any atom is 0.135 e. The normalized spacial score (nSPS) is 12.4.